The van der Waals surface area contributed by atoms with Gasteiger partial charge in [-0.25, -0.2) is 10.2 Å². The molecule has 10 heteroatoms. The van der Waals surface area contributed by atoms with Crippen molar-refractivity contribution in [3.05, 3.63) is 65.2 Å². The molecule has 0 aliphatic heterocycles. The Balaban J connectivity index is 0.000000448. The molecule has 5 rings (SSSR count). The zero-order valence-electron chi connectivity index (χ0n) is 21.7. The van der Waals surface area contributed by atoms with E-state index in [0.29, 0.717) is 29.9 Å². The van der Waals surface area contributed by atoms with Crippen LogP contribution < -0.4 is 11.2 Å². The van der Waals surface area contributed by atoms with Crippen LogP contribution in [-0.2, 0) is 22.4 Å². The van der Waals surface area contributed by atoms with Gasteiger partial charge >= 0.3 is 12.1 Å². The van der Waals surface area contributed by atoms with E-state index >= 15 is 0 Å². The Morgan fingerprint density at radius 1 is 1.13 bits per heavy atom. The van der Waals surface area contributed by atoms with E-state index in [4.69, 9.17) is 15.6 Å². The summed E-state index contributed by atoms with van der Waals surface area (Å²) in [5.41, 5.74) is 13.9. The van der Waals surface area contributed by atoms with Crippen LogP contribution in [0.25, 0.3) is 0 Å². The van der Waals surface area contributed by atoms with Gasteiger partial charge in [-0.15, -0.1) is 0 Å². The molecule has 3 aliphatic carbocycles. The van der Waals surface area contributed by atoms with Crippen LogP contribution in [0.15, 0.2) is 53.6 Å². The summed E-state index contributed by atoms with van der Waals surface area (Å²) in [6.07, 6.45) is 1.94. The van der Waals surface area contributed by atoms with Crippen LogP contribution in [0, 0.1) is 17.3 Å². The molecule has 3 aliphatic rings. The standard InChI is InChI=1S/C27H33N3O2.C2HF3O2/c1-27-14-13-21-20-10-8-19(31)16-18(20)7-9-22(21)23(27)11-12-25(27)29-30-26(32)24(28)15-17-5-3-2-4-6-17;3-2(4,5)1(6)7/h2-6,8,10,16,21-24,31H,7,9,11-15,28H2,1H3,(H,30,32);(H,6,7)/b29-25+;/t21-,22-,23+,24+,27+;/m1./s1. The number of hydrazone groups is 1. The highest BCUT2D eigenvalue weighted by Crippen LogP contribution is 2.59. The average molecular weight is 546 g/mol. The summed E-state index contributed by atoms with van der Waals surface area (Å²) in [6.45, 7) is 2.35. The second kappa shape index (κ2) is 11.4. The van der Waals surface area contributed by atoms with Gasteiger partial charge in [-0.2, -0.15) is 18.3 Å². The quantitative estimate of drug-likeness (QED) is 0.406. The van der Waals surface area contributed by atoms with E-state index in [1.165, 1.54) is 17.5 Å². The molecule has 2 fully saturated rings. The lowest BCUT2D eigenvalue weighted by atomic mass is 9.55. The van der Waals surface area contributed by atoms with E-state index in [1.54, 1.807) is 0 Å². The van der Waals surface area contributed by atoms with Crippen molar-refractivity contribution in [2.45, 2.75) is 70.0 Å². The van der Waals surface area contributed by atoms with Gasteiger partial charge in [-0.3, -0.25) is 4.79 Å². The van der Waals surface area contributed by atoms with Gasteiger partial charge in [0.05, 0.1) is 6.04 Å². The highest BCUT2D eigenvalue weighted by Gasteiger charge is 2.53. The fourth-order valence-corrected chi connectivity index (χ4v) is 6.71. The number of nitrogens with one attached hydrogen (secondary N) is 1. The smallest absolute Gasteiger partial charge is 0.490 e. The first-order valence-electron chi connectivity index (χ1n) is 13.2. The molecule has 0 radical (unpaired) electrons. The Kier molecular flexibility index (Phi) is 8.34. The van der Waals surface area contributed by atoms with Crippen molar-refractivity contribution >= 4 is 17.6 Å². The lowest BCUT2D eigenvalue weighted by Crippen LogP contribution is -2.44. The summed E-state index contributed by atoms with van der Waals surface area (Å²) in [5.74, 6) is -0.780. The molecule has 39 heavy (non-hydrogen) atoms. The molecule has 0 bridgehead atoms. The van der Waals surface area contributed by atoms with Crippen molar-refractivity contribution in [3.8, 4) is 5.75 Å². The molecule has 2 aromatic rings. The third-order valence-electron chi connectivity index (χ3n) is 8.63. The van der Waals surface area contributed by atoms with E-state index in [0.717, 1.165) is 43.4 Å². The molecule has 0 aromatic heterocycles. The van der Waals surface area contributed by atoms with Crippen LogP contribution in [-0.4, -0.2) is 40.0 Å². The van der Waals surface area contributed by atoms with Crippen LogP contribution in [0.4, 0.5) is 13.2 Å². The SMILES string of the molecule is C[C@]12CC[C@@H]3c4ccc(O)cc4CC[C@H]3[C@@H]1CC/C2=N\NC(=O)[C@@H](N)Cc1ccccc1.O=C(O)C(F)(F)F. The van der Waals surface area contributed by atoms with Crippen molar-refractivity contribution in [1.82, 2.24) is 5.43 Å². The number of alkyl halides is 3. The molecule has 5 N–H and O–H groups in total. The molecule has 2 saturated carbocycles. The summed E-state index contributed by atoms with van der Waals surface area (Å²) in [5, 5.41) is 21.6. The second-order valence-electron chi connectivity index (χ2n) is 10.9. The minimum Gasteiger partial charge on any atom is -0.508 e. The van der Waals surface area contributed by atoms with Crippen molar-refractivity contribution in [1.29, 1.82) is 0 Å². The number of phenolic OH excluding ortho intramolecular Hbond substituents is 1. The number of halogens is 3. The largest absolute Gasteiger partial charge is 0.508 e. The number of nitrogens with zero attached hydrogens (tertiary/aromatic N) is 1. The number of hydrogen-bond donors (Lipinski definition) is 4. The monoisotopic (exact) mass is 545 g/mol. The fraction of sp³-hybridized carbons (Fsp3) is 0.483. The predicted molar refractivity (Wildman–Crippen MR) is 140 cm³/mol. The van der Waals surface area contributed by atoms with E-state index in [2.05, 4.69) is 23.5 Å². The highest BCUT2D eigenvalue weighted by molar-refractivity contribution is 5.94. The Morgan fingerprint density at radius 3 is 2.49 bits per heavy atom. The number of aliphatic carboxylic acids is 1. The Labute approximate surface area is 225 Å². The molecule has 0 saturated heterocycles. The lowest BCUT2D eigenvalue weighted by molar-refractivity contribution is -0.192. The Morgan fingerprint density at radius 2 is 1.82 bits per heavy atom. The average Bonchev–Trinajstić information content (AvgIpc) is 3.23. The van der Waals surface area contributed by atoms with E-state index in [-0.39, 0.29) is 11.3 Å². The van der Waals surface area contributed by atoms with Crippen LogP contribution in [0.5, 0.6) is 5.75 Å². The van der Waals surface area contributed by atoms with Gasteiger partial charge in [-0.1, -0.05) is 43.3 Å². The third-order valence-corrected chi connectivity index (χ3v) is 8.63. The summed E-state index contributed by atoms with van der Waals surface area (Å²) >= 11 is 0. The Hall–Kier alpha value is -3.40. The molecule has 0 heterocycles. The number of aryl methyl sites for hydroxylation is 1. The number of benzene rings is 2. The van der Waals surface area contributed by atoms with E-state index in [1.807, 2.05) is 42.5 Å². The molecule has 210 valence electrons. The van der Waals surface area contributed by atoms with Crippen LogP contribution in [0.1, 0.15) is 61.6 Å². The number of hydrogen-bond acceptors (Lipinski definition) is 5. The fourth-order valence-electron chi connectivity index (χ4n) is 6.71. The molecule has 0 spiro atoms. The predicted octanol–water partition coefficient (Wildman–Crippen LogP) is 4.92. The second-order valence-corrected chi connectivity index (χ2v) is 10.9. The number of fused-ring (bicyclic) bond motifs is 5. The van der Waals surface area contributed by atoms with Gasteiger partial charge in [0, 0.05) is 11.1 Å². The number of aromatic hydroxyl groups is 1. The zero-order valence-corrected chi connectivity index (χ0v) is 21.7. The van der Waals surface area contributed by atoms with Crippen molar-refractivity contribution in [2.75, 3.05) is 0 Å². The molecule has 5 atom stereocenters. The number of rotatable bonds is 4. The van der Waals surface area contributed by atoms with Crippen LogP contribution in [0.3, 0.4) is 0 Å². The van der Waals surface area contributed by atoms with Gasteiger partial charge < -0.3 is 15.9 Å². The van der Waals surface area contributed by atoms with Gasteiger partial charge in [0.15, 0.2) is 0 Å². The van der Waals surface area contributed by atoms with Crippen molar-refractivity contribution in [2.24, 2.45) is 28.1 Å². The summed E-state index contributed by atoms with van der Waals surface area (Å²) in [7, 11) is 0. The van der Waals surface area contributed by atoms with Crippen LogP contribution in [0.2, 0.25) is 0 Å². The highest BCUT2D eigenvalue weighted by atomic mass is 19.4. The summed E-state index contributed by atoms with van der Waals surface area (Å²) in [4.78, 5) is 21.5. The number of carboxylic acid groups (broad SMARTS) is 1. The Bertz CT molecular complexity index is 1230. The lowest BCUT2D eigenvalue weighted by Gasteiger charge is -2.49. The number of carbonyl (C=O) groups is 2. The molecule has 2 aromatic carbocycles. The van der Waals surface area contributed by atoms with Crippen molar-refractivity contribution < 1.29 is 33.0 Å². The van der Waals surface area contributed by atoms with E-state index in [9.17, 15) is 23.1 Å². The number of amides is 1. The molecule has 7 nitrogen and oxygen atoms in total. The zero-order chi connectivity index (χ0) is 28.4. The van der Waals surface area contributed by atoms with Crippen LogP contribution >= 0.6 is 0 Å². The molecular weight excluding hydrogens is 511 g/mol. The molecule has 1 amide bonds. The maximum absolute atomic E-state index is 12.6. The molecule has 0 unspecified atom stereocenters. The van der Waals surface area contributed by atoms with Gasteiger partial charge in [0.1, 0.15) is 5.75 Å². The number of carbonyl (C=O) groups excluding carboxylic acids is 1. The number of carboxylic acids is 1. The molecular formula is C29H34F3N3O4. The summed E-state index contributed by atoms with van der Waals surface area (Å²) in [6, 6.07) is 15.2. The number of nitrogens with two attached hydrogens (primary N) is 1. The number of phenols is 1. The van der Waals surface area contributed by atoms with Gasteiger partial charge in [-0.05, 0) is 91.5 Å². The maximum Gasteiger partial charge on any atom is 0.490 e. The minimum atomic E-state index is -5.08. The first kappa shape index (κ1) is 28.6. The normalized spacial score (nSPS) is 27.3. The van der Waals surface area contributed by atoms with Gasteiger partial charge in [0.2, 0.25) is 0 Å². The minimum absolute atomic E-state index is 0.0480. The summed E-state index contributed by atoms with van der Waals surface area (Å²) < 4.78 is 31.7. The first-order valence-corrected chi connectivity index (χ1v) is 13.2. The topological polar surface area (TPSA) is 125 Å². The van der Waals surface area contributed by atoms with E-state index < -0.39 is 18.2 Å². The van der Waals surface area contributed by atoms with Gasteiger partial charge in [0.25, 0.3) is 5.91 Å². The van der Waals surface area contributed by atoms with Crippen molar-refractivity contribution in [3.63, 3.8) is 0 Å². The maximum atomic E-state index is 12.6. The third kappa shape index (κ3) is 6.27. The first-order chi connectivity index (χ1) is 18.4.